The molecule has 0 saturated heterocycles. The summed E-state index contributed by atoms with van der Waals surface area (Å²) in [4.78, 5) is 18.1. The number of methoxy groups -OCH3 is 1. The molecule has 170 valence electrons. The van der Waals surface area contributed by atoms with E-state index < -0.39 is 15.9 Å². The van der Waals surface area contributed by atoms with Crippen LogP contribution >= 0.6 is 0 Å². The lowest BCUT2D eigenvalue weighted by Gasteiger charge is -2.19. The smallest absolute Gasteiger partial charge is 0.252 e. The standard InChI is InChI=1S/C25H25N3O4S/c1-28-22-11-7-6-10-21(22)26-24(28)23(18-8-4-3-5-9-18)27-25(29)19-12-14-20(15-13-19)33(30,31)17-16-32-2/h3-15,23H,16-17H2,1-2H3,(H,27,29). The van der Waals surface area contributed by atoms with E-state index in [9.17, 15) is 13.2 Å². The predicted molar refractivity (Wildman–Crippen MR) is 127 cm³/mol. The number of para-hydroxylation sites is 2. The fourth-order valence-corrected chi connectivity index (χ4v) is 4.88. The highest BCUT2D eigenvalue weighted by Crippen LogP contribution is 2.25. The molecule has 0 spiro atoms. The maximum Gasteiger partial charge on any atom is 0.252 e. The highest BCUT2D eigenvalue weighted by atomic mass is 32.2. The van der Waals surface area contributed by atoms with Gasteiger partial charge in [-0.1, -0.05) is 42.5 Å². The van der Waals surface area contributed by atoms with E-state index in [0.717, 1.165) is 16.6 Å². The van der Waals surface area contributed by atoms with Gasteiger partial charge in [0.15, 0.2) is 9.84 Å². The van der Waals surface area contributed by atoms with Crippen molar-refractivity contribution in [2.75, 3.05) is 19.5 Å². The van der Waals surface area contributed by atoms with Gasteiger partial charge in [-0.2, -0.15) is 0 Å². The SMILES string of the molecule is COCCS(=O)(=O)c1ccc(C(=O)NC(c2ccccc2)c2nc3ccccc3n2C)cc1. The van der Waals surface area contributed by atoms with Crippen molar-refractivity contribution in [2.45, 2.75) is 10.9 Å². The first-order valence-corrected chi connectivity index (χ1v) is 12.1. The quantitative estimate of drug-likeness (QED) is 0.432. The highest BCUT2D eigenvalue weighted by Gasteiger charge is 2.23. The van der Waals surface area contributed by atoms with E-state index in [0.29, 0.717) is 11.4 Å². The monoisotopic (exact) mass is 463 g/mol. The van der Waals surface area contributed by atoms with E-state index >= 15 is 0 Å². The van der Waals surface area contributed by atoms with Crippen molar-refractivity contribution in [1.82, 2.24) is 14.9 Å². The summed E-state index contributed by atoms with van der Waals surface area (Å²) >= 11 is 0. The molecule has 33 heavy (non-hydrogen) atoms. The van der Waals surface area contributed by atoms with Gasteiger partial charge in [0.2, 0.25) is 0 Å². The van der Waals surface area contributed by atoms with Crippen LogP contribution in [-0.4, -0.2) is 43.3 Å². The minimum atomic E-state index is -3.46. The Morgan fingerprint density at radius 1 is 1.00 bits per heavy atom. The first-order chi connectivity index (χ1) is 15.9. The average Bonchev–Trinajstić information content (AvgIpc) is 3.18. The summed E-state index contributed by atoms with van der Waals surface area (Å²) in [6.45, 7) is 0.112. The van der Waals surface area contributed by atoms with E-state index in [1.165, 1.54) is 31.4 Å². The number of ether oxygens (including phenoxy) is 1. The first kappa shape index (κ1) is 22.7. The van der Waals surface area contributed by atoms with E-state index in [4.69, 9.17) is 9.72 Å². The third-order valence-corrected chi connectivity index (χ3v) is 7.21. The fraction of sp³-hybridized carbons (Fsp3) is 0.200. The Labute approximate surface area is 193 Å². The zero-order chi connectivity index (χ0) is 23.4. The topological polar surface area (TPSA) is 90.3 Å². The number of sulfone groups is 1. The molecule has 0 fully saturated rings. The summed E-state index contributed by atoms with van der Waals surface area (Å²) in [6.07, 6.45) is 0. The predicted octanol–water partition coefficient (Wildman–Crippen LogP) is 3.51. The number of rotatable bonds is 8. The number of nitrogens with one attached hydrogen (secondary N) is 1. The molecule has 3 aromatic carbocycles. The van der Waals surface area contributed by atoms with E-state index in [1.807, 2.05) is 66.2 Å². The molecule has 1 aromatic heterocycles. The zero-order valence-electron chi connectivity index (χ0n) is 18.4. The third kappa shape index (κ3) is 4.81. The van der Waals surface area contributed by atoms with Crippen LogP contribution in [0.5, 0.6) is 0 Å². The molecule has 0 radical (unpaired) electrons. The molecule has 0 aliphatic heterocycles. The molecule has 1 N–H and O–H groups in total. The number of hydrogen-bond donors (Lipinski definition) is 1. The van der Waals surface area contributed by atoms with Crippen LogP contribution in [0.4, 0.5) is 0 Å². The summed E-state index contributed by atoms with van der Waals surface area (Å²) in [6, 6.07) is 22.9. The largest absolute Gasteiger partial charge is 0.384 e. The second-order valence-electron chi connectivity index (χ2n) is 7.67. The van der Waals surface area contributed by atoms with Crippen LogP contribution in [0.25, 0.3) is 11.0 Å². The average molecular weight is 464 g/mol. The number of benzene rings is 3. The van der Waals surface area contributed by atoms with Crippen LogP contribution in [0.1, 0.15) is 27.8 Å². The van der Waals surface area contributed by atoms with Gasteiger partial charge in [-0.15, -0.1) is 0 Å². The second kappa shape index (κ2) is 9.56. The van der Waals surface area contributed by atoms with Gasteiger partial charge in [-0.25, -0.2) is 13.4 Å². The summed E-state index contributed by atoms with van der Waals surface area (Å²) < 4.78 is 31.5. The zero-order valence-corrected chi connectivity index (χ0v) is 19.2. The molecule has 4 rings (SSSR count). The lowest BCUT2D eigenvalue weighted by atomic mass is 10.1. The lowest BCUT2D eigenvalue weighted by molar-refractivity contribution is 0.0941. The second-order valence-corrected chi connectivity index (χ2v) is 9.78. The van der Waals surface area contributed by atoms with Gasteiger partial charge in [0.25, 0.3) is 5.91 Å². The van der Waals surface area contributed by atoms with Crippen molar-refractivity contribution >= 4 is 26.8 Å². The van der Waals surface area contributed by atoms with Crippen LogP contribution in [-0.2, 0) is 21.6 Å². The summed E-state index contributed by atoms with van der Waals surface area (Å²) in [5.41, 5.74) is 3.06. The lowest BCUT2D eigenvalue weighted by Crippen LogP contribution is -2.31. The molecular formula is C25H25N3O4S. The molecule has 8 heteroatoms. The van der Waals surface area contributed by atoms with Crippen molar-refractivity contribution in [1.29, 1.82) is 0 Å². The number of carbonyl (C=O) groups excluding carboxylic acids is 1. The molecule has 1 heterocycles. The molecule has 1 atom stereocenters. The minimum Gasteiger partial charge on any atom is -0.384 e. The number of aromatic nitrogens is 2. The highest BCUT2D eigenvalue weighted by molar-refractivity contribution is 7.91. The maximum absolute atomic E-state index is 13.1. The van der Waals surface area contributed by atoms with Crippen molar-refractivity contribution < 1.29 is 17.9 Å². The van der Waals surface area contributed by atoms with Crippen LogP contribution in [0, 0.1) is 0 Å². The number of carbonyl (C=O) groups is 1. The van der Waals surface area contributed by atoms with Gasteiger partial charge in [-0.3, -0.25) is 4.79 Å². The van der Waals surface area contributed by atoms with Gasteiger partial charge < -0.3 is 14.6 Å². The minimum absolute atomic E-state index is 0.112. The number of nitrogens with zero attached hydrogens (tertiary/aromatic N) is 2. The fourth-order valence-electron chi connectivity index (χ4n) is 3.70. The molecule has 7 nitrogen and oxygen atoms in total. The van der Waals surface area contributed by atoms with E-state index in [-0.39, 0.29) is 23.2 Å². The van der Waals surface area contributed by atoms with Crippen molar-refractivity contribution in [3.63, 3.8) is 0 Å². The van der Waals surface area contributed by atoms with Crippen LogP contribution in [0.3, 0.4) is 0 Å². The van der Waals surface area contributed by atoms with Gasteiger partial charge in [0, 0.05) is 19.7 Å². The third-order valence-electron chi connectivity index (χ3n) is 5.52. The van der Waals surface area contributed by atoms with E-state index in [1.54, 1.807) is 0 Å². The summed E-state index contributed by atoms with van der Waals surface area (Å²) in [5.74, 6) is 0.268. The summed E-state index contributed by atoms with van der Waals surface area (Å²) in [5, 5.41) is 3.07. The van der Waals surface area contributed by atoms with Crippen molar-refractivity contribution in [3.05, 3.63) is 95.8 Å². The molecule has 4 aromatic rings. The molecular weight excluding hydrogens is 438 g/mol. The Balaban J connectivity index is 1.64. The summed E-state index contributed by atoms with van der Waals surface area (Å²) in [7, 11) is -0.0863. The number of imidazole rings is 1. The number of amides is 1. The van der Waals surface area contributed by atoms with Gasteiger partial charge in [0.1, 0.15) is 11.9 Å². The van der Waals surface area contributed by atoms with Crippen LogP contribution in [0.2, 0.25) is 0 Å². The molecule has 0 aliphatic rings. The van der Waals surface area contributed by atoms with Gasteiger partial charge in [0.05, 0.1) is 28.3 Å². The molecule has 0 saturated carbocycles. The van der Waals surface area contributed by atoms with Crippen molar-refractivity contribution in [2.24, 2.45) is 7.05 Å². The number of fused-ring (bicyclic) bond motifs is 1. The van der Waals surface area contributed by atoms with Crippen molar-refractivity contribution in [3.8, 4) is 0 Å². The molecule has 1 unspecified atom stereocenters. The van der Waals surface area contributed by atoms with Crippen LogP contribution in [0.15, 0.2) is 83.8 Å². The van der Waals surface area contributed by atoms with Gasteiger partial charge in [-0.05, 0) is 42.0 Å². The molecule has 0 bridgehead atoms. The Hall–Kier alpha value is -3.49. The van der Waals surface area contributed by atoms with E-state index in [2.05, 4.69) is 5.32 Å². The molecule has 1 amide bonds. The Bertz CT molecular complexity index is 1360. The molecule has 0 aliphatic carbocycles. The Morgan fingerprint density at radius 3 is 2.33 bits per heavy atom. The number of hydrogen-bond acceptors (Lipinski definition) is 5. The Kier molecular flexibility index (Phi) is 6.57. The van der Waals surface area contributed by atoms with Crippen LogP contribution < -0.4 is 5.32 Å². The normalized spacial score (nSPS) is 12.5. The number of aryl methyl sites for hydroxylation is 1. The maximum atomic E-state index is 13.1. The van der Waals surface area contributed by atoms with Gasteiger partial charge >= 0.3 is 0 Å². The Morgan fingerprint density at radius 2 is 1.67 bits per heavy atom. The first-order valence-electron chi connectivity index (χ1n) is 10.5.